The highest BCUT2D eigenvalue weighted by Crippen LogP contribution is 2.33. The molecule has 1 saturated heterocycles. The lowest BCUT2D eigenvalue weighted by atomic mass is 9.92. The predicted octanol–water partition coefficient (Wildman–Crippen LogP) is 4.70. The minimum absolute atomic E-state index is 0.00426. The molecule has 0 unspecified atom stereocenters. The number of hydrogen-bond acceptors (Lipinski definition) is 5. The number of nitrogens with zero attached hydrogens (tertiary/aromatic N) is 4. The molecule has 7 nitrogen and oxygen atoms in total. The first-order valence-corrected chi connectivity index (χ1v) is 10.7. The van der Waals surface area contributed by atoms with Crippen LogP contribution in [0.25, 0.3) is 22.2 Å². The molecule has 1 aliphatic heterocycles. The molecule has 0 saturated carbocycles. The Morgan fingerprint density at radius 2 is 1.97 bits per heavy atom. The largest absolute Gasteiger partial charge is 0.439 e. The number of benzene rings is 1. The average Bonchev–Trinajstić information content (AvgIpc) is 3.33. The number of carbonyl (C=O) groups is 1. The molecule has 1 amide bonds. The molecule has 160 valence electrons. The standard InChI is InChI=1S/C25H23N5O2/c1-2-23(31)30-13-10-17(11-14-30)21-15-19-16-27-29-25(19)24(28-21)18-6-8-20(9-7-18)32-22-5-3-4-12-26-22/h2-9,12,15-17H,1,10-11,13-14H2,(H,27,29). The Morgan fingerprint density at radius 1 is 1.16 bits per heavy atom. The molecule has 4 aromatic rings. The molecular weight excluding hydrogens is 402 g/mol. The zero-order valence-electron chi connectivity index (χ0n) is 17.6. The summed E-state index contributed by atoms with van der Waals surface area (Å²) in [6.07, 6.45) is 6.68. The van der Waals surface area contributed by atoms with Crippen molar-refractivity contribution in [2.24, 2.45) is 0 Å². The molecule has 0 radical (unpaired) electrons. The van der Waals surface area contributed by atoms with Gasteiger partial charge in [0, 0.05) is 47.9 Å². The van der Waals surface area contributed by atoms with Gasteiger partial charge in [-0.15, -0.1) is 0 Å². The second-order valence-electron chi connectivity index (χ2n) is 7.83. The molecule has 32 heavy (non-hydrogen) atoms. The lowest BCUT2D eigenvalue weighted by Gasteiger charge is -2.31. The smallest absolute Gasteiger partial charge is 0.245 e. The highest BCUT2D eigenvalue weighted by molar-refractivity contribution is 5.91. The lowest BCUT2D eigenvalue weighted by molar-refractivity contribution is -0.127. The number of aromatic amines is 1. The molecule has 1 fully saturated rings. The van der Waals surface area contributed by atoms with Crippen LogP contribution in [-0.4, -0.2) is 44.1 Å². The third-order valence-corrected chi connectivity index (χ3v) is 5.84. The molecule has 5 rings (SSSR count). The van der Waals surface area contributed by atoms with Gasteiger partial charge >= 0.3 is 0 Å². The maximum atomic E-state index is 11.9. The van der Waals surface area contributed by atoms with E-state index in [1.54, 1.807) is 6.20 Å². The van der Waals surface area contributed by atoms with E-state index in [1.807, 2.05) is 53.6 Å². The molecule has 0 aliphatic carbocycles. The highest BCUT2D eigenvalue weighted by atomic mass is 16.5. The number of fused-ring (bicyclic) bond motifs is 1. The van der Waals surface area contributed by atoms with E-state index in [9.17, 15) is 4.79 Å². The summed E-state index contributed by atoms with van der Waals surface area (Å²) >= 11 is 0. The number of rotatable bonds is 5. The summed E-state index contributed by atoms with van der Waals surface area (Å²) in [6, 6.07) is 15.5. The van der Waals surface area contributed by atoms with Crippen LogP contribution in [0.1, 0.15) is 24.5 Å². The SMILES string of the molecule is C=CC(=O)N1CCC(c2cc3cn[nH]c3c(-c3ccc(Oc4ccccn4)cc3)n2)CC1. The van der Waals surface area contributed by atoms with Crippen LogP contribution in [0.5, 0.6) is 11.6 Å². The Morgan fingerprint density at radius 3 is 2.69 bits per heavy atom. The van der Waals surface area contributed by atoms with Gasteiger partial charge in [0.2, 0.25) is 11.8 Å². The van der Waals surface area contributed by atoms with Crippen molar-refractivity contribution in [3.05, 3.63) is 79.3 Å². The topological polar surface area (TPSA) is 84.0 Å². The van der Waals surface area contributed by atoms with Crippen molar-refractivity contribution in [2.75, 3.05) is 13.1 Å². The van der Waals surface area contributed by atoms with E-state index in [-0.39, 0.29) is 5.91 Å². The summed E-state index contributed by atoms with van der Waals surface area (Å²) < 4.78 is 5.81. The Balaban J connectivity index is 1.41. The van der Waals surface area contributed by atoms with E-state index < -0.39 is 0 Å². The van der Waals surface area contributed by atoms with Gasteiger partial charge in [-0.1, -0.05) is 12.6 Å². The quantitative estimate of drug-likeness (QED) is 0.469. The van der Waals surface area contributed by atoms with Crippen LogP contribution in [0, 0.1) is 0 Å². The fraction of sp³-hybridized carbons (Fsp3) is 0.200. The normalized spacial score (nSPS) is 14.4. The summed E-state index contributed by atoms with van der Waals surface area (Å²) in [5.41, 5.74) is 3.79. The van der Waals surface area contributed by atoms with Crippen LogP contribution >= 0.6 is 0 Å². The number of nitrogens with one attached hydrogen (secondary N) is 1. The number of H-pyrrole nitrogens is 1. The fourth-order valence-corrected chi connectivity index (χ4v) is 4.12. The molecule has 3 aromatic heterocycles. The number of amides is 1. The van der Waals surface area contributed by atoms with E-state index >= 15 is 0 Å². The van der Waals surface area contributed by atoms with Crippen molar-refractivity contribution < 1.29 is 9.53 Å². The predicted molar refractivity (Wildman–Crippen MR) is 122 cm³/mol. The zero-order chi connectivity index (χ0) is 21.9. The maximum Gasteiger partial charge on any atom is 0.245 e. The molecule has 1 aromatic carbocycles. The summed E-state index contributed by atoms with van der Waals surface area (Å²) in [5, 5.41) is 8.35. The van der Waals surface area contributed by atoms with Crippen LogP contribution in [0.2, 0.25) is 0 Å². The van der Waals surface area contributed by atoms with Crippen molar-refractivity contribution >= 4 is 16.8 Å². The van der Waals surface area contributed by atoms with Gasteiger partial charge in [0.25, 0.3) is 0 Å². The number of piperidine rings is 1. The second-order valence-corrected chi connectivity index (χ2v) is 7.83. The van der Waals surface area contributed by atoms with E-state index in [0.717, 1.165) is 53.8 Å². The van der Waals surface area contributed by atoms with Crippen molar-refractivity contribution in [1.29, 1.82) is 0 Å². The molecule has 1 aliphatic rings. The minimum atomic E-state index is -0.00426. The second kappa shape index (κ2) is 8.63. The third-order valence-electron chi connectivity index (χ3n) is 5.84. The number of hydrogen-bond donors (Lipinski definition) is 1. The fourth-order valence-electron chi connectivity index (χ4n) is 4.12. The Hall–Kier alpha value is -4.00. The van der Waals surface area contributed by atoms with Gasteiger partial charge in [0.1, 0.15) is 5.75 Å². The first-order valence-electron chi connectivity index (χ1n) is 10.7. The zero-order valence-corrected chi connectivity index (χ0v) is 17.6. The number of ether oxygens (including phenoxy) is 1. The van der Waals surface area contributed by atoms with Crippen molar-refractivity contribution in [2.45, 2.75) is 18.8 Å². The highest BCUT2D eigenvalue weighted by Gasteiger charge is 2.24. The van der Waals surface area contributed by atoms with Crippen molar-refractivity contribution in [3.63, 3.8) is 0 Å². The van der Waals surface area contributed by atoms with Gasteiger partial charge in [-0.25, -0.2) is 4.98 Å². The molecule has 4 heterocycles. The van der Waals surface area contributed by atoms with Gasteiger partial charge in [0.15, 0.2) is 0 Å². The molecule has 7 heteroatoms. The summed E-state index contributed by atoms with van der Waals surface area (Å²) in [5.74, 6) is 1.56. The summed E-state index contributed by atoms with van der Waals surface area (Å²) in [6.45, 7) is 5.03. The number of pyridine rings is 2. The number of aromatic nitrogens is 4. The summed E-state index contributed by atoms with van der Waals surface area (Å²) in [4.78, 5) is 23.0. The average molecular weight is 425 g/mol. The van der Waals surface area contributed by atoms with E-state index in [1.165, 1.54) is 6.08 Å². The van der Waals surface area contributed by atoms with Crippen molar-refractivity contribution in [1.82, 2.24) is 25.1 Å². The monoisotopic (exact) mass is 425 g/mol. The van der Waals surface area contributed by atoms with Gasteiger partial charge in [0.05, 0.1) is 17.4 Å². The van der Waals surface area contributed by atoms with E-state index in [0.29, 0.717) is 17.5 Å². The Labute approximate surface area is 185 Å². The minimum Gasteiger partial charge on any atom is -0.439 e. The molecule has 0 spiro atoms. The van der Waals surface area contributed by atoms with Gasteiger partial charge < -0.3 is 9.64 Å². The van der Waals surface area contributed by atoms with Gasteiger partial charge in [-0.3, -0.25) is 14.9 Å². The van der Waals surface area contributed by atoms with E-state index in [4.69, 9.17) is 9.72 Å². The van der Waals surface area contributed by atoms with Gasteiger partial charge in [-0.05, 0) is 55.3 Å². The lowest BCUT2D eigenvalue weighted by Crippen LogP contribution is -2.36. The molecular formula is C25H23N5O2. The molecule has 1 N–H and O–H groups in total. The first-order chi connectivity index (χ1) is 15.7. The van der Waals surface area contributed by atoms with Crippen LogP contribution in [0.3, 0.4) is 0 Å². The Bertz CT molecular complexity index is 1240. The van der Waals surface area contributed by atoms with E-state index in [2.05, 4.69) is 27.8 Å². The van der Waals surface area contributed by atoms with Crippen LogP contribution in [0.4, 0.5) is 0 Å². The molecule has 0 atom stereocenters. The van der Waals surface area contributed by atoms with Crippen molar-refractivity contribution in [3.8, 4) is 22.9 Å². The van der Waals surface area contributed by atoms with Crippen LogP contribution in [0.15, 0.2) is 73.6 Å². The summed E-state index contributed by atoms with van der Waals surface area (Å²) in [7, 11) is 0. The molecule has 0 bridgehead atoms. The number of likely N-dealkylation sites (tertiary alicyclic amines) is 1. The van der Waals surface area contributed by atoms with Gasteiger partial charge in [-0.2, -0.15) is 5.10 Å². The Kier molecular flexibility index (Phi) is 5.37. The maximum absolute atomic E-state index is 11.9. The van der Waals surface area contributed by atoms with Crippen LogP contribution in [-0.2, 0) is 4.79 Å². The first kappa shape index (κ1) is 19.9. The van der Waals surface area contributed by atoms with Crippen LogP contribution < -0.4 is 4.74 Å². The third kappa shape index (κ3) is 3.97. The number of carbonyl (C=O) groups excluding carboxylic acids is 1.